The van der Waals surface area contributed by atoms with Crippen molar-refractivity contribution >= 4 is 5.82 Å². The number of rotatable bonds is 5. The van der Waals surface area contributed by atoms with Gasteiger partial charge in [0.15, 0.2) is 0 Å². The molecular weight excluding hydrogens is 365 g/mol. The Labute approximate surface area is 153 Å². The van der Waals surface area contributed by atoms with Crippen LogP contribution in [0.1, 0.15) is 24.3 Å². The van der Waals surface area contributed by atoms with Gasteiger partial charge in [0.05, 0.1) is 13.7 Å². The van der Waals surface area contributed by atoms with E-state index in [1.54, 1.807) is 0 Å². The van der Waals surface area contributed by atoms with E-state index in [9.17, 15) is 18.0 Å². The van der Waals surface area contributed by atoms with Crippen LogP contribution in [0, 0.1) is 0 Å². The van der Waals surface area contributed by atoms with Crippen LogP contribution >= 0.6 is 0 Å². The van der Waals surface area contributed by atoms with Gasteiger partial charge in [-0.1, -0.05) is 0 Å². The summed E-state index contributed by atoms with van der Waals surface area (Å²) in [6.45, 7) is 1.81. The van der Waals surface area contributed by atoms with E-state index in [1.807, 2.05) is 0 Å². The predicted molar refractivity (Wildman–Crippen MR) is 90.5 cm³/mol. The number of methoxy groups -OCH3 is 1. The lowest BCUT2D eigenvalue weighted by Gasteiger charge is -2.33. The third-order valence-electron chi connectivity index (χ3n) is 4.27. The number of nitrogens with one attached hydrogen (secondary N) is 1. The van der Waals surface area contributed by atoms with Crippen molar-refractivity contribution in [1.82, 2.24) is 14.9 Å². The maximum atomic E-state index is 12.8. The second kappa shape index (κ2) is 7.95. The summed E-state index contributed by atoms with van der Waals surface area (Å²) in [5.41, 5.74) is -1.24. The second-order valence-electron chi connectivity index (χ2n) is 6.28. The number of hydrogen-bond acceptors (Lipinski definition) is 7. The summed E-state index contributed by atoms with van der Waals surface area (Å²) < 4.78 is 48.6. The van der Waals surface area contributed by atoms with Crippen molar-refractivity contribution in [3.8, 4) is 5.75 Å². The zero-order valence-electron chi connectivity index (χ0n) is 14.6. The van der Waals surface area contributed by atoms with Crippen molar-refractivity contribution < 1.29 is 22.3 Å². The molecule has 3 rings (SSSR count). The molecular formula is C17H19F3N4O3. The zero-order valence-corrected chi connectivity index (χ0v) is 14.6. The van der Waals surface area contributed by atoms with Gasteiger partial charge in [-0.15, -0.1) is 0 Å². The molecule has 0 amide bonds. The molecule has 0 aromatic carbocycles. The van der Waals surface area contributed by atoms with Gasteiger partial charge in [0, 0.05) is 24.7 Å². The second-order valence-corrected chi connectivity index (χ2v) is 6.28. The van der Waals surface area contributed by atoms with Crippen LogP contribution in [0.15, 0.2) is 33.9 Å². The first kappa shape index (κ1) is 19.2. The maximum Gasteiger partial charge on any atom is 0.433 e. The largest absolute Gasteiger partial charge is 0.490 e. The molecule has 0 aliphatic carbocycles. The molecule has 1 N–H and O–H groups in total. The fourth-order valence-electron chi connectivity index (χ4n) is 3.01. The first-order valence-electron chi connectivity index (χ1n) is 8.39. The Kier molecular flexibility index (Phi) is 5.64. The molecule has 1 aliphatic rings. The summed E-state index contributed by atoms with van der Waals surface area (Å²) in [7, 11) is 1.39. The average molecular weight is 384 g/mol. The minimum Gasteiger partial charge on any atom is -0.490 e. The molecule has 27 heavy (non-hydrogen) atoms. The van der Waals surface area contributed by atoms with Gasteiger partial charge in [0.1, 0.15) is 29.9 Å². The lowest BCUT2D eigenvalue weighted by atomic mass is 10.1. The first-order valence-corrected chi connectivity index (χ1v) is 8.39. The molecule has 146 valence electrons. The third kappa shape index (κ3) is 4.97. The number of aromatic nitrogens is 2. The summed E-state index contributed by atoms with van der Waals surface area (Å²) in [4.78, 5) is 21.0. The van der Waals surface area contributed by atoms with E-state index in [1.165, 1.54) is 19.4 Å². The fraction of sp³-hybridized carbons (Fsp3) is 0.471. The molecule has 1 fully saturated rings. The lowest BCUT2D eigenvalue weighted by Crippen LogP contribution is -2.41. The highest BCUT2D eigenvalue weighted by Gasteiger charge is 2.33. The number of anilines is 1. The number of ether oxygens (including phenoxy) is 1. The van der Waals surface area contributed by atoms with Gasteiger partial charge in [-0.2, -0.15) is 13.2 Å². The van der Waals surface area contributed by atoms with Crippen LogP contribution in [-0.4, -0.2) is 41.1 Å². The van der Waals surface area contributed by atoms with Crippen molar-refractivity contribution in [2.24, 2.45) is 0 Å². The third-order valence-corrected chi connectivity index (χ3v) is 4.27. The van der Waals surface area contributed by atoms with Crippen molar-refractivity contribution in [3.05, 3.63) is 46.4 Å². The molecule has 7 nitrogen and oxygen atoms in total. The Hall–Kier alpha value is -2.62. The van der Waals surface area contributed by atoms with Crippen molar-refractivity contribution in [2.45, 2.75) is 31.6 Å². The van der Waals surface area contributed by atoms with E-state index in [0.29, 0.717) is 18.8 Å². The molecule has 0 radical (unpaired) electrons. The summed E-state index contributed by atoms with van der Waals surface area (Å²) in [5, 5.41) is 3.03. The molecule has 1 aliphatic heterocycles. The van der Waals surface area contributed by atoms with Crippen molar-refractivity contribution in [1.29, 1.82) is 0 Å². The van der Waals surface area contributed by atoms with E-state index >= 15 is 0 Å². The van der Waals surface area contributed by atoms with E-state index in [-0.39, 0.29) is 23.0 Å². The highest BCUT2D eigenvalue weighted by atomic mass is 19.4. The summed E-state index contributed by atoms with van der Waals surface area (Å²) in [5.74, 6) is 0.782. The van der Waals surface area contributed by atoms with Crippen LogP contribution in [0.4, 0.5) is 19.0 Å². The standard InChI is InChI=1S/C17H19F3N4O3/c1-26-14-9-27-12(5-13(14)25)8-24-4-2-3-11(7-24)23-16-6-15(17(18,19)20)21-10-22-16/h5-6,9-11H,2-4,7-8H2,1H3,(H,21,22,23). The van der Waals surface area contributed by atoms with Crippen LogP contribution in [0.25, 0.3) is 0 Å². The Morgan fingerprint density at radius 1 is 1.37 bits per heavy atom. The van der Waals surface area contributed by atoms with Gasteiger partial charge < -0.3 is 14.5 Å². The SMILES string of the molecule is COc1coc(CN2CCCC(Nc3cc(C(F)(F)F)ncn3)C2)cc1=O. The monoisotopic (exact) mass is 384 g/mol. The molecule has 2 aromatic heterocycles. The van der Waals surface area contributed by atoms with Crippen LogP contribution in [0.3, 0.4) is 0 Å². The van der Waals surface area contributed by atoms with E-state index in [2.05, 4.69) is 20.2 Å². The summed E-state index contributed by atoms with van der Waals surface area (Å²) >= 11 is 0. The predicted octanol–water partition coefficient (Wildman–Crippen LogP) is 2.53. The fourth-order valence-corrected chi connectivity index (χ4v) is 3.01. The van der Waals surface area contributed by atoms with Gasteiger partial charge in [-0.25, -0.2) is 9.97 Å². The zero-order chi connectivity index (χ0) is 19.4. The molecule has 0 saturated carbocycles. The number of piperidine rings is 1. The Bertz CT molecular complexity index is 841. The Morgan fingerprint density at radius 3 is 2.89 bits per heavy atom. The highest BCUT2D eigenvalue weighted by molar-refractivity contribution is 5.37. The van der Waals surface area contributed by atoms with Crippen LogP contribution < -0.4 is 15.5 Å². The molecule has 3 heterocycles. The van der Waals surface area contributed by atoms with E-state index in [4.69, 9.17) is 9.15 Å². The number of alkyl halides is 3. The van der Waals surface area contributed by atoms with Crippen LogP contribution in [0.2, 0.25) is 0 Å². The molecule has 1 unspecified atom stereocenters. The van der Waals surface area contributed by atoms with E-state index < -0.39 is 11.9 Å². The van der Waals surface area contributed by atoms with Crippen molar-refractivity contribution in [2.75, 3.05) is 25.5 Å². The summed E-state index contributed by atoms with van der Waals surface area (Å²) in [6.07, 6.45) is -0.678. The van der Waals surface area contributed by atoms with Crippen LogP contribution in [-0.2, 0) is 12.7 Å². The highest BCUT2D eigenvalue weighted by Crippen LogP contribution is 2.28. The summed E-state index contributed by atoms with van der Waals surface area (Å²) in [6, 6.07) is 2.22. The molecule has 0 bridgehead atoms. The molecule has 2 aromatic rings. The average Bonchev–Trinajstić information content (AvgIpc) is 2.62. The lowest BCUT2D eigenvalue weighted by molar-refractivity contribution is -0.141. The van der Waals surface area contributed by atoms with E-state index in [0.717, 1.165) is 31.8 Å². The maximum absolute atomic E-state index is 12.8. The molecule has 10 heteroatoms. The van der Waals surface area contributed by atoms with Gasteiger partial charge in [-0.05, 0) is 19.4 Å². The molecule has 0 spiro atoms. The quantitative estimate of drug-likeness (QED) is 0.848. The number of halogens is 3. The van der Waals surface area contributed by atoms with Gasteiger partial charge in [0.25, 0.3) is 0 Å². The van der Waals surface area contributed by atoms with Gasteiger partial charge in [-0.3, -0.25) is 9.69 Å². The number of nitrogens with zero attached hydrogens (tertiary/aromatic N) is 3. The topological polar surface area (TPSA) is 80.5 Å². The Morgan fingerprint density at radius 2 is 2.19 bits per heavy atom. The number of hydrogen-bond donors (Lipinski definition) is 1. The normalized spacial score (nSPS) is 18.3. The molecule has 1 atom stereocenters. The first-order chi connectivity index (χ1) is 12.8. The van der Waals surface area contributed by atoms with Gasteiger partial charge >= 0.3 is 6.18 Å². The van der Waals surface area contributed by atoms with Crippen molar-refractivity contribution in [3.63, 3.8) is 0 Å². The minimum absolute atomic E-state index is 0.0697. The van der Waals surface area contributed by atoms with Gasteiger partial charge in [0.2, 0.25) is 11.2 Å². The molecule has 1 saturated heterocycles. The van der Waals surface area contributed by atoms with Crippen LogP contribution in [0.5, 0.6) is 5.75 Å². The Balaban J connectivity index is 1.63. The smallest absolute Gasteiger partial charge is 0.433 e. The number of likely N-dealkylation sites (tertiary alicyclic amines) is 1. The minimum atomic E-state index is -4.51.